The second-order valence-electron chi connectivity index (χ2n) is 4.64. The molecule has 0 bridgehead atoms. The van der Waals surface area contributed by atoms with Crippen LogP contribution in [-0.2, 0) is 15.7 Å². The summed E-state index contributed by atoms with van der Waals surface area (Å²) >= 11 is 0. The van der Waals surface area contributed by atoms with Crippen LogP contribution in [0.15, 0.2) is 18.2 Å². The quantitative estimate of drug-likeness (QED) is 0.802. The Morgan fingerprint density at radius 2 is 2.05 bits per heavy atom. The molecule has 0 aliphatic heterocycles. The number of halogens is 3. The van der Waals surface area contributed by atoms with Gasteiger partial charge in [0.1, 0.15) is 6.54 Å². The summed E-state index contributed by atoms with van der Waals surface area (Å²) in [6.07, 6.45) is -4.63. The van der Waals surface area contributed by atoms with Crippen LogP contribution in [-0.4, -0.2) is 25.7 Å². The van der Waals surface area contributed by atoms with Crippen LogP contribution in [0.25, 0.3) is 0 Å². The van der Waals surface area contributed by atoms with Gasteiger partial charge in [-0.05, 0) is 32.0 Å². The lowest BCUT2D eigenvalue weighted by atomic mass is 10.1. The molecule has 0 aromatic heterocycles. The van der Waals surface area contributed by atoms with Crippen molar-refractivity contribution in [3.05, 3.63) is 29.3 Å². The molecule has 1 rings (SSSR count). The lowest BCUT2D eigenvalue weighted by Crippen LogP contribution is -2.36. The first-order chi connectivity index (χ1) is 9.70. The molecule has 7 heteroatoms. The number of anilines is 1. The predicted octanol–water partition coefficient (Wildman–Crippen LogP) is 2.96. The van der Waals surface area contributed by atoms with Gasteiger partial charge in [0.25, 0.3) is 0 Å². The van der Waals surface area contributed by atoms with Gasteiger partial charge in [0.15, 0.2) is 0 Å². The second-order valence-corrected chi connectivity index (χ2v) is 4.64. The molecule has 0 N–H and O–H groups in total. The van der Waals surface area contributed by atoms with Crippen molar-refractivity contribution in [3.8, 4) is 6.07 Å². The number of ether oxygens (including phenoxy) is 1. The normalized spacial score (nSPS) is 11.1. The van der Waals surface area contributed by atoms with Crippen LogP contribution in [0.1, 0.15) is 25.0 Å². The van der Waals surface area contributed by atoms with Crippen molar-refractivity contribution in [2.24, 2.45) is 0 Å². The summed E-state index contributed by atoms with van der Waals surface area (Å²) in [7, 11) is 1.21. The van der Waals surface area contributed by atoms with Gasteiger partial charge in [0, 0.05) is 11.7 Å². The fraction of sp³-hybridized carbons (Fsp3) is 0.429. The van der Waals surface area contributed by atoms with Gasteiger partial charge in [0.2, 0.25) is 0 Å². The Balaban J connectivity index is 3.28. The molecular formula is C14H15F3N2O2. The van der Waals surface area contributed by atoms with E-state index >= 15 is 0 Å². The van der Waals surface area contributed by atoms with Gasteiger partial charge in [-0.15, -0.1) is 0 Å². The topological polar surface area (TPSA) is 53.3 Å². The number of esters is 1. The SMILES string of the molecule is COC(=O)CN(c1ccc(C#N)c(C(F)(F)F)c1)C(C)C. The Labute approximate surface area is 120 Å². The lowest BCUT2D eigenvalue weighted by Gasteiger charge is -2.28. The van der Waals surface area contributed by atoms with Crippen molar-refractivity contribution in [2.45, 2.75) is 26.1 Å². The summed E-state index contributed by atoms with van der Waals surface area (Å²) in [4.78, 5) is 12.8. The molecule has 0 atom stereocenters. The van der Waals surface area contributed by atoms with Crippen LogP contribution in [0.5, 0.6) is 0 Å². The number of nitriles is 1. The smallest absolute Gasteiger partial charge is 0.417 e. The van der Waals surface area contributed by atoms with Crippen LogP contribution in [0.3, 0.4) is 0 Å². The average molecular weight is 300 g/mol. The van der Waals surface area contributed by atoms with Gasteiger partial charge in [-0.2, -0.15) is 18.4 Å². The van der Waals surface area contributed by atoms with Gasteiger partial charge in [0.05, 0.1) is 24.3 Å². The Morgan fingerprint density at radius 3 is 2.48 bits per heavy atom. The number of methoxy groups -OCH3 is 1. The average Bonchev–Trinajstić information content (AvgIpc) is 2.42. The molecule has 0 amide bonds. The molecule has 4 nitrogen and oxygen atoms in total. The fourth-order valence-corrected chi connectivity index (χ4v) is 1.82. The molecule has 1 aromatic carbocycles. The van der Waals surface area contributed by atoms with Gasteiger partial charge >= 0.3 is 12.1 Å². The molecule has 0 unspecified atom stereocenters. The van der Waals surface area contributed by atoms with Crippen LogP contribution in [0.2, 0.25) is 0 Å². The summed E-state index contributed by atoms with van der Waals surface area (Å²) in [6.45, 7) is 3.32. The van der Waals surface area contributed by atoms with Crippen molar-refractivity contribution >= 4 is 11.7 Å². The van der Waals surface area contributed by atoms with Crippen molar-refractivity contribution in [1.82, 2.24) is 0 Å². The Bertz CT molecular complexity index is 562. The molecule has 0 aliphatic carbocycles. The van der Waals surface area contributed by atoms with Gasteiger partial charge in [-0.3, -0.25) is 4.79 Å². The van der Waals surface area contributed by atoms with E-state index in [-0.39, 0.29) is 18.3 Å². The number of carbonyl (C=O) groups is 1. The highest BCUT2D eigenvalue weighted by molar-refractivity contribution is 5.76. The van der Waals surface area contributed by atoms with Gasteiger partial charge < -0.3 is 9.64 Å². The van der Waals surface area contributed by atoms with E-state index < -0.39 is 23.3 Å². The maximum atomic E-state index is 12.9. The summed E-state index contributed by atoms with van der Waals surface area (Å²) in [5, 5.41) is 8.77. The minimum atomic E-state index is -4.63. The van der Waals surface area contributed by atoms with E-state index in [1.807, 2.05) is 0 Å². The zero-order valence-corrected chi connectivity index (χ0v) is 11.9. The van der Waals surface area contributed by atoms with E-state index in [4.69, 9.17) is 5.26 Å². The zero-order valence-electron chi connectivity index (χ0n) is 11.9. The number of hydrogen-bond acceptors (Lipinski definition) is 4. The molecule has 0 heterocycles. The zero-order chi connectivity index (χ0) is 16.2. The van der Waals surface area contributed by atoms with E-state index in [1.54, 1.807) is 13.8 Å². The molecule has 114 valence electrons. The fourth-order valence-electron chi connectivity index (χ4n) is 1.82. The number of alkyl halides is 3. The number of nitrogens with zero attached hydrogens (tertiary/aromatic N) is 2. The van der Waals surface area contributed by atoms with Crippen LogP contribution in [0, 0.1) is 11.3 Å². The maximum absolute atomic E-state index is 12.9. The number of hydrogen-bond donors (Lipinski definition) is 0. The van der Waals surface area contributed by atoms with E-state index in [2.05, 4.69) is 4.74 Å². The summed E-state index contributed by atoms with van der Waals surface area (Å²) < 4.78 is 43.4. The minimum absolute atomic E-state index is 0.169. The highest BCUT2D eigenvalue weighted by Crippen LogP contribution is 2.34. The third kappa shape index (κ3) is 4.12. The minimum Gasteiger partial charge on any atom is -0.468 e. The van der Waals surface area contributed by atoms with Crippen LogP contribution in [0.4, 0.5) is 18.9 Å². The predicted molar refractivity (Wildman–Crippen MR) is 70.7 cm³/mol. The number of benzene rings is 1. The van der Waals surface area contributed by atoms with Crippen molar-refractivity contribution in [3.63, 3.8) is 0 Å². The monoisotopic (exact) mass is 300 g/mol. The van der Waals surface area contributed by atoms with Gasteiger partial charge in [-0.25, -0.2) is 0 Å². The summed E-state index contributed by atoms with van der Waals surface area (Å²) in [6, 6.07) is 4.67. The maximum Gasteiger partial charge on any atom is 0.417 e. The van der Waals surface area contributed by atoms with E-state index in [9.17, 15) is 18.0 Å². The number of rotatable bonds is 4. The highest BCUT2D eigenvalue weighted by Gasteiger charge is 2.34. The molecule has 0 saturated carbocycles. The molecule has 0 fully saturated rings. The standard InChI is InChI=1S/C14H15F3N2O2/c1-9(2)19(8-13(20)21-3)11-5-4-10(7-18)12(6-11)14(15,16)17/h4-6,9H,8H2,1-3H3. The second kappa shape index (κ2) is 6.48. The Hall–Kier alpha value is -2.23. The molecule has 21 heavy (non-hydrogen) atoms. The molecule has 1 aromatic rings. The van der Waals surface area contributed by atoms with E-state index in [0.29, 0.717) is 0 Å². The molecule has 0 radical (unpaired) electrons. The third-order valence-corrected chi connectivity index (χ3v) is 2.91. The van der Waals surface area contributed by atoms with Gasteiger partial charge in [-0.1, -0.05) is 0 Å². The highest BCUT2D eigenvalue weighted by atomic mass is 19.4. The van der Waals surface area contributed by atoms with E-state index in [0.717, 1.165) is 12.1 Å². The molecule has 0 saturated heterocycles. The van der Waals surface area contributed by atoms with Crippen molar-refractivity contribution < 1.29 is 22.7 Å². The summed E-state index contributed by atoms with van der Waals surface area (Å²) in [5.41, 5.74) is -1.26. The Morgan fingerprint density at radius 1 is 1.43 bits per heavy atom. The largest absolute Gasteiger partial charge is 0.468 e. The Kier molecular flexibility index (Phi) is 5.19. The van der Waals surface area contributed by atoms with Crippen LogP contribution < -0.4 is 4.90 Å². The first-order valence-corrected chi connectivity index (χ1v) is 6.15. The van der Waals surface area contributed by atoms with E-state index in [1.165, 1.54) is 24.1 Å². The number of carbonyl (C=O) groups excluding carboxylic acids is 1. The molecule has 0 spiro atoms. The molecular weight excluding hydrogens is 285 g/mol. The van der Waals surface area contributed by atoms with Crippen molar-refractivity contribution in [2.75, 3.05) is 18.6 Å². The van der Waals surface area contributed by atoms with Crippen molar-refractivity contribution in [1.29, 1.82) is 5.26 Å². The molecule has 0 aliphatic rings. The first-order valence-electron chi connectivity index (χ1n) is 6.15. The van der Waals surface area contributed by atoms with Crippen LogP contribution >= 0.6 is 0 Å². The first kappa shape index (κ1) is 16.8. The third-order valence-electron chi connectivity index (χ3n) is 2.91. The lowest BCUT2D eigenvalue weighted by molar-refractivity contribution is -0.139. The summed E-state index contributed by atoms with van der Waals surface area (Å²) in [5.74, 6) is -0.554.